The van der Waals surface area contributed by atoms with Gasteiger partial charge in [-0.1, -0.05) is 68.9 Å². The summed E-state index contributed by atoms with van der Waals surface area (Å²) >= 11 is 0. The molecule has 6 heteroatoms. The lowest BCUT2D eigenvalue weighted by Crippen LogP contribution is -2.29. The van der Waals surface area contributed by atoms with Crippen LogP contribution in [-0.2, 0) is 16.0 Å². The molecule has 4 rings (SSSR count). The minimum absolute atomic E-state index is 0.164. The maximum atomic E-state index is 13.0. The van der Waals surface area contributed by atoms with Crippen LogP contribution in [0.1, 0.15) is 72.9 Å². The van der Waals surface area contributed by atoms with E-state index in [4.69, 9.17) is 4.74 Å². The van der Waals surface area contributed by atoms with Gasteiger partial charge in [0.2, 0.25) is 0 Å². The van der Waals surface area contributed by atoms with Crippen LogP contribution in [0.25, 0.3) is 6.08 Å². The van der Waals surface area contributed by atoms with Gasteiger partial charge in [-0.25, -0.2) is 9.29 Å². The fourth-order valence-electron chi connectivity index (χ4n) is 4.71. The van der Waals surface area contributed by atoms with Gasteiger partial charge in [0.05, 0.1) is 12.3 Å². The van der Waals surface area contributed by atoms with Crippen molar-refractivity contribution in [1.82, 2.24) is 0 Å². The molecule has 0 N–H and O–H groups in total. The van der Waals surface area contributed by atoms with Crippen molar-refractivity contribution >= 4 is 29.4 Å². The number of imide groups is 1. The summed E-state index contributed by atoms with van der Waals surface area (Å²) in [6.45, 7) is 0.688. The third-order valence-electron chi connectivity index (χ3n) is 7.07. The van der Waals surface area contributed by atoms with Gasteiger partial charge >= 0.3 is 0 Å². The van der Waals surface area contributed by atoms with Gasteiger partial charge in [-0.2, -0.15) is 0 Å². The predicted molar refractivity (Wildman–Crippen MR) is 160 cm³/mol. The number of rotatable bonds is 16. The lowest BCUT2D eigenvalue weighted by Gasteiger charge is -2.14. The molecule has 0 saturated carbocycles. The van der Waals surface area contributed by atoms with Crippen molar-refractivity contribution in [2.75, 3.05) is 11.5 Å². The largest absolute Gasteiger partial charge is 0.494 e. The van der Waals surface area contributed by atoms with E-state index in [-0.39, 0.29) is 23.4 Å². The molecule has 0 atom stereocenters. The molecule has 0 aliphatic carbocycles. The number of nitrogens with zero attached hydrogens (tertiary/aromatic N) is 1. The van der Waals surface area contributed by atoms with Crippen LogP contribution in [0.5, 0.6) is 5.75 Å². The molecule has 1 aliphatic rings. The van der Waals surface area contributed by atoms with Crippen LogP contribution in [0.2, 0.25) is 0 Å². The molecule has 0 bridgehead atoms. The molecular weight excluding hydrogens is 517 g/mol. The highest BCUT2D eigenvalue weighted by molar-refractivity contribution is 6.28. The number of hydrogen-bond donors (Lipinski definition) is 0. The van der Waals surface area contributed by atoms with Gasteiger partial charge in [0.1, 0.15) is 11.6 Å². The number of ether oxygens (including phenoxy) is 1. The van der Waals surface area contributed by atoms with Gasteiger partial charge < -0.3 is 4.74 Å². The van der Waals surface area contributed by atoms with Crippen LogP contribution in [0, 0.1) is 5.82 Å². The number of halogens is 1. The summed E-state index contributed by atoms with van der Waals surface area (Å²) in [6, 6.07) is 20.9. The maximum absolute atomic E-state index is 13.0. The number of anilines is 1. The van der Waals surface area contributed by atoms with Crippen LogP contribution in [0.3, 0.4) is 0 Å². The van der Waals surface area contributed by atoms with E-state index in [0.29, 0.717) is 17.9 Å². The Morgan fingerprint density at radius 3 is 1.93 bits per heavy atom. The number of aryl methyl sites for hydroxylation is 1. The van der Waals surface area contributed by atoms with E-state index in [0.717, 1.165) is 37.0 Å². The molecule has 0 spiro atoms. The molecule has 0 unspecified atom stereocenters. The van der Waals surface area contributed by atoms with Crippen molar-refractivity contribution in [1.29, 1.82) is 0 Å². The summed E-state index contributed by atoms with van der Waals surface area (Å²) in [5, 5.41) is 0. The first-order valence-electron chi connectivity index (χ1n) is 14.4. The van der Waals surface area contributed by atoms with Crippen molar-refractivity contribution in [2.24, 2.45) is 0 Å². The Hall–Kier alpha value is -4.32. The van der Waals surface area contributed by atoms with E-state index < -0.39 is 0 Å². The van der Waals surface area contributed by atoms with Gasteiger partial charge in [0.25, 0.3) is 11.8 Å². The molecule has 5 nitrogen and oxygen atoms in total. The van der Waals surface area contributed by atoms with Crippen LogP contribution < -0.4 is 9.64 Å². The monoisotopic (exact) mass is 553 g/mol. The lowest BCUT2D eigenvalue weighted by atomic mass is 10.0. The summed E-state index contributed by atoms with van der Waals surface area (Å²) in [5.74, 6) is -0.278. The lowest BCUT2D eigenvalue weighted by molar-refractivity contribution is -0.119. The van der Waals surface area contributed by atoms with E-state index in [1.165, 1.54) is 85.1 Å². The molecule has 212 valence electrons. The second-order valence-electron chi connectivity index (χ2n) is 10.2. The molecule has 41 heavy (non-hydrogen) atoms. The number of unbranched alkanes of at least 4 members (excludes halogenated alkanes) is 7. The zero-order valence-electron chi connectivity index (χ0n) is 23.3. The number of carbonyl (C=O) groups excluding carboxylic acids is 3. The van der Waals surface area contributed by atoms with Crippen LogP contribution in [-0.4, -0.2) is 24.2 Å². The standard InChI is InChI=1S/C35H36FNO4/c36-30-17-15-29(16-18-30)33(38)23-14-28-12-21-32(22-13-28)41-26-8-6-4-2-1-3-5-7-9-27-10-19-31(20-11-27)37-34(39)24-25-35(37)40/h10-25H,1-9,26H2. The number of allylic oxidation sites excluding steroid dienone is 1. The Balaban J connectivity index is 1.00. The van der Waals surface area contributed by atoms with Gasteiger partial charge in [0.15, 0.2) is 5.78 Å². The predicted octanol–water partition coefficient (Wildman–Crippen LogP) is 7.89. The fourth-order valence-corrected chi connectivity index (χ4v) is 4.71. The molecule has 3 aromatic rings. The van der Waals surface area contributed by atoms with E-state index >= 15 is 0 Å². The summed E-state index contributed by atoms with van der Waals surface area (Å²) in [7, 11) is 0. The quantitative estimate of drug-likeness (QED) is 0.0783. The van der Waals surface area contributed by atoms with Gasteiger partial charge in [-0.15, -0.1) is 0 Å². The van der Waals surface area contributed by atoms with Crippen molar-refractivity contribution in [3.8, 4) is 5.75 Å². The molecule has 0 radical (unpaired) electrons. The zero-order chi connectivity index (χ0) is 28.9. The molecule has 0 aromatic heterocycles. The first kappa shape index (κ1) is 29.7. The summed E-state index contributed by atoms with van der Waals surface area (Å²) in [5.41, 5.74) is 3.21. The van der Waals surface area contributed by atoms with E-state index in [1.807, 2.05) is 48.5 Å². The van der Waals surface area contributed by atoms with E-state index in [2.05, 4.69) is 0 Å². The Morgan fingerprint density at radius 2 is 1.29 bits per heavy atom. The normalized spacial score (nSPS) is 13.0. The Labute approximate surface area is 241 Å². The average Bonchev–Trinajstić information content (AvgIpc) is 3.33. The summed E-state index contributed by atoms with van der Waals surface area (Å²) in [4.78, 5) is 36.9. The Bertz CT molecular complexity index is 1340. The average molecular weight is 554 g/mol. The van der Waals surface area contributed by atoms with Crippen molar-refractivity contribution in [3.05, 3.63) is 114 Å². The highest BCUT2D eigenvalue weighted by Gasteiger charge is 2.24. The molecule has 0 saturated heterocycles. The first-order chi connectivity index (χ1) is 20.0. The number of ketones is 1. The maximum Gasteiger partial charge on any atom is 0.258 e. The van der Waals surface area contributed by atoms with Crippen molar-refractivity contribution in [3.63, 3.8) is 0 Å². The zero-order valence-corrected chi connectivity index (χ0v) is 23.3. The first-order valence-corrected chi connectivity index (χ1v) is 14.4. The van der Waals surface area contributed by atoms with Crippen LogP contribution in [0.15, 0.2) is 91.0 Å². The Morgan fingerprint density at radius 1 is 0.707 bits per heavy atom. The van der Waals surface area contributed by atoms with Crippen molar-refractivity contribution < 1.29 is 23.5 Å². The number of benzene rings is 3. The van der Waals surface area contributed by atoms with Crippen LogP contribution in [0.4, 0.5) is 10.1 Å². The number of hydrogen-bond acceptors (Lipinski definition) is 4. The SMILES string of the molecule is O=C(C=Cc1ccc(OCCCCCCCCCCc2ccc(N3C(=O)C=CC3=O)cc2)cc1)c1ccc(F)cc1. The molecular formula is C35H36FNO4. The topological polar surface area (TPSA) is 63.7 Å². The highest BCUT2D eigenvalue weighted by atomic mass is 19.1. The van der Waals surface area contributed by atoms with Gasteiger partial charge in [0, 0.05) is 17.7 Å². The smallest absolute Gasteiger partial charge is 0.258 e. The molecule has 1 heterocycles. The summed E-state index contributed by atoms with van der Waals surface area (Å²) < 4.78 is 18.9. The van der Waals surface area contributed by atoms with Gasteiger partial charge in [-0.3, -0.25) is 14.4 Å². The second-order valence-corrected chi connectivity index (χ2v) is 10.2. The third kappa shape index (κ3) is 9.38. The second kappa shape index (κ2) is 15.5. The van der Waals surface area contributed by atoms with E-state index in [1.54, 1.807) is 6.08 Å². The molecule has 1 aliphatic heterocycles. The van der Waals surface area contributed by atoms with Gasteiger partial charge in [-0.05, 0) is 85.0 Å². The fraction of sp³-hybridized carbons (Fsp3) is 0.286. The van der Waals surface area contributed by atoms with Crippen LogP contribution >= 0.6 is 0 Å². The third-order valence-corrected chi connectivity index (χ3v) is 7.07. The van der Waals surface area contributed by atoms with E-state index in [9.17, 15) is 18.8 Å². The molecule has 0 fully saturated rings. The van der Waals surface area contributed by atoms with Crippen molar-refractivity contribution in [2.45, 2.75) is 57.8 Å². The number of carbonyl (C=O) groups is 3. The molecule has 2 amide bonds. The summed E-state index contributed by atoms with van der Waals surface area (Å²) in [6.07, 6.45) is 16.3. The minimum Gasteiger partial charge on any atom is -0.494 e. The Kier molecular flexibility index (Phi) is 11.2. The molecule has 3 aromatic carbocycles. The number of amides is 2. The minimum atomic E-state index is -0.359. The highest BCUT2D eigenvalue weighted by Crippen LogP contribution is 2.21.